The Balaban J connectivity index is 2.28. The molecule has 2 aromatic rings. The van der Waals surface area contributed by atoms with Gasteiger partial charge in [-0.05, 0) is 25.5 Å². The van der Waals surface area contributed by atoms with E-state index in [1.165, 1.54) is 19.3 Å². The Labute approximate surface area is 110 Å². The van der Waals surface area contributed by atoms with Gasteiger partial charge in [0.15, 0.2) is 0 Å². The van der Waals surface area contributed by atoms with E-state index in [4.69, 9.17) is 4.42 Å². The van der Waals surface area contributed by atoms with Crippen LogP contribution in [0.25, 0.3) is 17.5 Å². The van der Waals surface area contributed by atoms with Crippen molar-refractivity contribution in [3.8, 4) is 11.5 Å². The topological polar surface area (TPSA) is 65.2 Å². The van der Waals surface area contributed by atoms with Crippen molar-refractivity contribution in [3.05, 3.63) is 41.3 Å². The third-order valence-corrected chi connectivity index (χ3v) is 2.63. The Morgan fingerprint density at radius 3 is 2.84 bits per heavy atom. The summed E-state index contributed by atoms with van der Waals surface area (Å²) < 4.78 is 9.97. The van der Waals surface area contributed by atoms with Crippen molar-refractivity contribution in [2.75, 3.05) is 7.11 Å². The van der Waals surface area contributed by atoms with Gasteiger partial charge in [-0.15, -0.1) is 10.2 Å². The van der Waals surface area contributed by atoms with Gasteiger partial charge in [0, 0.05) is 17.7 Å². The summed E-state index contributed by atoms with van der Waals surface area (Å²) >= 11 is 0. The van der Waals surface area contributed by atoms with Crippen molar-refractivity contribution in [2.45, 2.75) is 13.8 Å². The van der Waals surface area contributed by atoms with Gasteiger partial charge >= 0.3 is 5.97 Å². The normalized spacial score (nSPS) is 10.9. The zero-order chi connectivity index (χ0) is 13.8. The van der Waals surface area contributed by atoms with Crippen LogP contribution in [0.4, 0.5) is 0 Å². The standard InChI is InChI=1S/C14H14N2O3/c1-9-4-5-10(2)11(8-9)14-16-15-12(19-14)6-7-13(17)18-3/h4-8H,1-3H3/b7-6+. The maximum absolute atomic E-state index is 11.0. The first-order valence-corrected chi connectivity index (χ1v) is 5.77. The van der Waals surface area contributed by atoms with Gasteiger partial charge in [0.2, 0.25) is 11.8 Å². The maximum Gasteiger partial charge on any atom is 0.330 e. The molecule has 5 nitrogen and oxygen atoms in total. The van der Waals surface area contributed by atoms with Crippen LogP contribution in [-0.4, -0.2) is 23.3 Å². The molecule has 0 atom stereocenters. The Bertz CT molecular complexity index is 629. The second-order valence-electron chi connectivity index (χ2n) is 4.12. The third-order valence-electron chi connectivity index (χ3n) is 2.63. The summed E-state index contributed by atoms with van der Waals surface area (Å²) in [4.78, 5) is 11.0. The lowest BCUT2D eigenvalue weighted by Gasteiger charge is -2.01. The van der Waals surface area contributed by atoms with Crippen LogP contribution in [0.2, 0.25) is 0 Å². The molecule has 1 heterocycles. The van der Waals surface area contributed by atoms with Crippen molar-refractivity contribution in [3.63, 3.8) is 0 Å². The van der Waals surface area contributed by atoms with E-state index in [9.17, 15) is 4.79 Å². The summed E-state index contributed by atoms with van der Waals surface area (Å²) in [5, 5.41) is 7.83. The molecule has 1 aromatic heterocycles. The lowest BCUT2D eigenvalue weighted by atomic mass is 10.1. The van der Waals surface area contributed by atoms with Crippen LogP contribution in [0.15, 0.2) is 28.7 Å². The van der Waals surface area contributed by atoms with Crippen LogP contribution in [0.5, 0.6) is 0 Å². The molecule has 0 aliphatic heterocycles. The Morgan fingerprint density at radius 2 is 2.11 bits per heavy atom. The number of esters is 1. The molecule has 5 heteroatoms. The van der Waals surface area contributed by atoms with Crippen molar-refractivity contribution in [2.24, 2.45) is 0 Å². The van der Waals surface area contributed by atoms with Gasteiger partial charge in [0.1, 0.15) is 0 Å². The summed E-state index contributed by atoms with van der Waals surface area (Å²) in [6, 6.07) is 6.00. The molecule has 0 radical (unpaired) electrons. The summed E-state index contributed by atoms with van der Waals surface area (Å²) in [5.74, 6) is 0.235. The number of carbonyl (C=O) groups excluding carboxylic acids is 1. The van der Waals surface area contributed by atoms with Crippen molar-refractivity contribution >= 4 is 12.0 Å². The van der Waals surface area contributed by atoms with Crippen LogP contribution in [0.1, 0.15) is 17.0 Å². The Kier molecular flexibility index (Phi) is 3.75. The monoisotopic (exact) mass is 258 g/mol. The minimum Gasteiger partial charge on any atom is -0.466 e. The number of hydrogen-bond donors (Lipinski definition) is 0. The van der Waals surface area contributed by atoms with E-state index >= 15 is 0 Å². The Hall–Kier alpha value is -2.43. The number of methoxy groups -OCH3 is 1. The first-order valence-electron chi connectivity index (χ1n) is 5.77. The number of ether oxygens (including phenoxy) is 1. The number of hydrogen-bond acceptors (Lipinski definition) is 5. The van der Waals surface area contributed by atoms with Gasteiger partial charge in [0.25, 0.3) is 0 Å². The minimum atomic E-state index is -0.466. The van der Waals surface area contributed by atoms with Crippen LogP contribution in [-0.2, 0) is 9.53 Å². The molecule has 0 N–H and O–H groups in total. The summed E-state index contributed by atoms with van der Waals surface area (Å²) in [5.41, 5.74) is 3.06. The highest BCUT2D eigenvalue weighted by Crippen LogP contribution is 2.23. The van der Waals surface area contributed by atoms with Crippen molar-refractivity contribution in [1.29, 1.82) is 0 Å². The van der Waals surface area contributed by atoms with Gasteiger partial charge in [-0.1, -0.05) is 17.7 Å². The van der Waals surface area contributed by atoms with Crippen LogP contribution in [0.3, 0.4) is 0 Å². The smallest absolute Gasteiger partial charge is 0.330 e. The molecule has 98 valence electrons. The molecule has 0 amide bonds. The zero-order valence-electron chi connectivity index (χ0n) is 11.0. The summed E-state index contributed by atoms with van der Waals surface area (Å²) in [6.45, 7) is 3.97. The molecule has 0 unspecified atom stereocenters. The van der Waals surface area contributed by atoms with Gasteiger partial charge in [-0.25, -0.2) is 4.79 Å². The molecule has 0 spiro atoms. The lowest BCUT2D eigenvalue weighted by Crippen LogP contribution is -1.93. The highest BCUT2D eigenvalue weighted by molar-refractivity contribution is 5.86. The number of carbonyl (C=O) groups is 1. The SMILES string of the molecule is COC(=O)/C=C/c1nnc(-c2cc(C)ccc2C)o1. The van der Waals surface area contributed by atoms with Crippen molar-refractivity contribution < 1.29 is 13.9 Å². The Morgan fingerprint density at radius 1 is 1.32 bits per heavy atom. The molecule has 0 saturated carbocycles. The number of rotatable bonds is 3. The van der Waals surface area contributed by atoms with E-state index in [1.54, 1.807) is 0 Å². The van der Waals surface area contributed by atoms with Crippen LogP contribution >= 0.6 is 0 Å². The second-order valence-corrected chi connectivity index (χ2v) is 4.12. The van der Waals surface area contributed by atoms with E-state index in [-0.39, 0.29) is 5.89 Å². The fraction of sp³-hybridized carbons (Fsp3) is 0.214. The van der Waals surface area contributed by atoms with Crippen molar-refractivity contribution in [1.82, 2.24) is 10.2 Å². The van der Waals surface area contributed by atoms with E-state index < -0.39 is 5.97 Å². The predicted molar refractivity (Wildman–Crippen MR) is 70.3 cm³/mol. The molecular formula is C14H14N2O3. The highest BCUT2D eigenvalue weighted by Gasteiger charge is 2.09. The number of nitrogens with zero attached hydrogens (tertiary/aromatic N) is 2. The quantitative estimate of drug-likeness (QED) is 0.625. The molecular weight excluding hydrogens is 244 g/mol. The number of aryl methyl sites for hydroxylation is 2. The van der Waals surface area contributed by atoms with E-state index in [1.807, 2.05) is 32.0 Å². The summed E-state index contributed by atoms with van der Waals surface area (Å²) in [6.07, 6.45) is 2.66. The lowest BCUT2D eigenvalue weighted by molar-refractivity contribution is -0.134. The molecule has 0 aliphatic carbocycles. The maximum atomic E-state index is 11.0. The predicted octanol–water partition coefficient (Wildman–Crippen LogP) is 2.54. The molecule has 0 bridgehead atoms. The highest BCUT2D eigenvalue weighted by atomic mass is 16.5. The fourth-order valence-corrected chi connectivity index (χ4v) is 1.58. The van der Waals surface area contributed by atoms with Gasteiger partial charge in [-0.2, -0.15) is 0 Å². The molecule has 0 fully saturated rings. The average molecular weight is 258 g/mol. The van der Waals surface area contributed by atoms with Gasteiger partial charge < -0.3 is 9.15 Å². The van der Waals surface area contributed by atoms with Gasteiger partial charge in [0.05, 0.1) is 7.11 Å². The molecule has 19 heavy (non-hydrogen) atoms. The number of aromatic nitrogens is 2. The fourth-order valence-electron chi connectivity index (χ4n) is 1.58. The van der Waals surface area contributed by atoms with Crippen LogP contribution in [0, 0.1) is 13.8 Å². The average Bonchev–Trinajstić information content (AvgIpc) is 2.87. The van der Waals surface area contributed by atoms with Gasteiger partial charge in [-0.3, -0.25) is 0 Å². The number of benzene rings is 1. The first kappa shape index (κ1) is 13.0. The molecule has 0 saturated heterocycles. The largest absolute Gasteiger partial charge is 0.466 e. The molecule has 0 aliphatic rings. The molecule has 2 rings (SSSR count). The first-order chi connectivity index (χ1) is 9.10. The minimum absolute atomic E-state index is 0.265. The van der Waals surface area contributed by atoms with Crippen LogP contribution < -0.4 is 0 Å². The van der Waals surface area contributed by atoms with E-state index in [0.717, 1.165) is 16.7 Å². The molecule has 1 aromatic carbocycles. The van der Waals surface area contributed by atoms with E-state index in [0.29, 0.717) is 5.89 Å². The second kappa shape index (κ2) is 5.48. The van der Waals surface area contributed by atoms with E-state index in [2.05, 4.69) is 14.9 Å². The summed E-state index contributed by atoms with van der Waals surface area (Å²) in [7, 11) is 1.31. The third kappa shape index (κ3) is 3.07. The zero-order valence-corrected chi connectivity index (χ0v) is 11.0.